The van der Waals surface area contributed by atoms with Crippen molar-refractivity contribution in [2.75, 3.05) is 69.7 Å². The van der Waals surface area contributed by atoms with E-state index in [1.54, 1.807) is 35.9 Å². The van der Waals surface area contributed by atoms with Crippen LogP contribution < -0.4 is 31.5 Å². The molecule has 5 N–H and O–H groups in total. The van der Waals surface area contributed by atoms with E-state index in [2.05, 4.69) is 62.4 Å². The molecule has 0 spiro atoms. The van der Waals surface area contributed by atoms with Gasteiger partial charge in [-0.05, 0) is 135 Å². The summed E-state index contributed by atoms with van der Waals surface area (Å²) < 4.78 is 19.7. The van der Waals surface area contributed by atoms with E-state index in [0.717, 1.165) is 72.3 Å². The summed E-state index contributed by atoms with van der Waals surface area (Å²) >= 11 is 0. The first-order valence-corrected chi connectivity index (χ1v) is 27.4. The molecule has 3 unspecified atom stereocenters. The van der Waals surface area contributed by atoms with Crippen molar-refractivity contribution < 1.29 is 33.1 Å². The van der Waals surface area contributed by atoms with Crippen LogP contribution in [0.2, 0.25) is 0 Å². The topological polar surface area (TPSA) is 168 Å². The lowest BCUT2D eigenvalue weighted by molar-refractivity contribution is -0.147. The molecule has 0 radical (unpaired) electrons. The standard InChI is InChI=1S/C60H78FN9O6/c1-37-31-68(47(30-63-37)33-67-24-25-76-35-38(67)2)34-53(71)70-36-60(7,49-23-18-41(27-51(49)70)26-40-16-20-45(61)21-17-40)58(75)64-46-22-19-43-29-52(56(73)65-50-15-11-13-42-12-9-10-14-48(42)50)69(32-44(43)28-46)57(74)54(59(4,5)6)66-55(72)39(3)62-8/h9-10,12,14,16-23,27-28,37-39,47,50,52,54,62-63H,11,13,15,24-26,29-36H2,1-8H3,(H,64,75)(H,65,73)(H,66,72)/t37-,38-,39?,47-,50-,52+,54?,60?/m1/s1. The van der Waals surface area contributed by atoms with Gasteiger partial charge in [-0.3, -0.25) is 33.8 Å². The fourth-order valence-electron chi connectivity index (χ4n) is 11.9. The van der Waals surface area contributed by atoms with Gasteiger partial charge < -0.3 is 41.1 Å². The molecule has 5 aliphatic rings. The summed E-state index contributed by atoms with van der Waals surface area (Å²) in [5, 5.41) is 16.1. The molecule has 1 aliphatic carbocycles. The molecule has 4 aliphatic heterocycles. The number of morpholine rings is 1. The number of benzene rings is 4. The van der Waals surface area contributed by atoms with Crippen LogP contribution in [0.5, 0.6) is 0 Å². The number of amides is 5. The number of fused-ring (bicyclic) bond motifs is 3. The minimum absolute atomic E-state index is 0.0660. The molecule has 0 aromatic heterocycles. The molecule has 406 valence electrons. The molecule has 4 aromatic carbocycles. The fraction of sp³-hybridized carbons (Fsp3) is 0.517. The molecule has 15 nitrogen and oxygen atoms in total. The van der Waals surface area contributed by atoms with Crippen LogP contribution in [0.4, 0.5) is 15.8 Å². The van der Waals surface area contributed by atoms with E-state index >= 15 is 9.59 Å². The Hall–Kier alpha value is -6.04. The van der Waals surface area contributed by atoms with Crippen molar-refractivity contribution >= 4 is 40.9 Å². The largest absolute Gasteiger partial charge is 0.379 e. The summed E-state index contributed by atoms with van der Waals surface area (Å²) in [5.41, 5.74) is 5.82. The highest BCUT2D eigenvalue weighted by atomic mass is 19.1. The molecule has 2 saturated heterocycles. The zero-order valence-electron chi connectivity index (χ0n) is 45.6. The Bertz CT molecular complexity index is 2800. The van der Waals surface area contributed by atoms with Gasteiger partial charge >= 0.3 is 0 Å². The van der Waals surface area contributed by atoms with Crippen molar-refractivity contribution in [2.24, 2.45) is 5.41 Å². The lowest BCUT2D eigenvalue weighted by Crippen LogP contribution is -2.62. The van der Waals surface area contributed by atoms with Gasteiger partial charge in [0.2, 0.25) is 29.5 Å². The number of hydrogen-bond donors (Lipinski definition) is 5. The lowest BCUT2D eigenvalue weighted by atomic mass is 9.82. The highest BCUT2D eigenvalue weighted by Gasteiger charge is 2.48. The summed E-state index contributed by atoms with van der Waals surface area (Å²) in [4.78, 5) is 81.3. The number of nitrogens with zero attached hydrogens (tertiary/aromatic N) is 4. The van der Waals surface area contributed by atoms with Crippen molar-refractivity contribution in [3.05, 3.63) is 130 Å². The second-order valence-electron chi connectivity index (χ2n) is 23.4. The molecule has 16 heteroatoms. The minimum atomic E-state index is -1.17. The number of piperazine rings is 1. The molecule has 4 heterocycles. The SMILES string of the molecule is CNC(C)C(=O)NC(C(=O)N1Cc2cc(NC(=O)C3(C)CN(C(=O)CN4C[C@@H](C)NC[C@@H]4CN4CCOC[C@H]4C)c4cc(Cc5ccc(F)cc5)ccc43)ccc2C[C@H]1C(=O)N[C@@H]1CCCc2ccccc21)C(C)(C)C. The maximum Gasteiger partial charge on any atom is 0.246 e. The van der Waals surface area contributed by atoms with Gasteiger partial charge in [0.15, 0.2) is 0 Å². The summed E-state index contributed by atoms with van der Waals surface area (Å²) in [7, 11) is 1.69. The van der Waals surface area contributed by atoms with E-state index in [1.807, 2.05) is 76.2 Å². The van der Waals surface area contributed by atoms with Gasteiger partial charge in [-0.1, -0.05) is 75.4 Å². The van der Waals surface area contributed by atoms with E-state index in [-0.39, 0.29) is 85.6 Å². The van der Waals surface area contributed by atoms with Crippen molar-refractivity contribution in [1.29, 1.82) is 0 Å². The Kier molecular flexibility index (Phi) is 16.5. The van der Waals surface area contributed by atoms with Crippen LogP contribution in [0.25, 0.3) is 0 Å². The zero-order chi connectivity index (χ0) is 54.1. The Morgan fingerprint density at radius 2 is 1.68 bits per heavy atom. The third-order valence-corrected chi connectivity index (χ3v) is 16.7. The molecule has 0 saturated carbocycles. The van der Waals surface area contributed by atoms with Crippen LogP contribution in [-0.4, -0.2) is 140 Å². The first-order chi connectivity index (χ1) is 36.3. The molecule has 76 heavy (non-hydrogen) atoms. The molecule has 0 bridgehead atoms. The second kappa shape index (κ2) is 22.9. The number of rotatable bonds is 14. The Labute approximate surface area is 448 Å². The average Bonchev–Trinajstić information content (AvgIpc) is 3.85. The molecular formula is C60H78FN9O6. The van der Waals surface area contributed by atoms with E-state index < -0.39 is 29.0 Å². The highest BCUT2D eigenvalue weighted by molar-refractivity contribution is 6.07. The van der Waals surface area contributed by atoms with Crippen molar-refractivity contribution in [3.8, 4) is 0 Å². The van der Waals surface area contributed by atoms with Crippen LogP contribution in [-0.2, 0) is 59.9 Å². The molecule has 4 aromatic rings. The Morgan fingerprint density at radius 3 is 2.43 bits per heavy atom. The highest BCUT2D eigenvalue weighted by Crippen LogP contribution is 2.43. The first kappa shape index (κ1) is 54.7. The second-order valence-corrected chi connectivity index (χ2v) is 23.4. The summed E-state index contributed by atoms with van der Waals surface area (Å²) in [6.45, 7) is 18.4. The number of anilines is 2. The van der Waals surface area contributed by atoms with E-state index in [9.17, 15) is 18.8 Å². The number of aryl methyl sites for hydroxylation is 1. The smallest absolute Gasteiger partial charge is 0.246 e. The quantitative estimate of drug-likeness (QED) is 0.107. The molecular weight excluding hydrogens is 962 g/mol. The predicted octanol–water partition coefficient (Wildman–Crippen LogP) is 5.63. The summed E-state index contributed by atoms with van der Waals surface area (Å²) in [6, 6.07) is 24.1. The van der Waals surface area contributed by atoms with Gasteiger partial charge in [0.05, 0.1) is 37.3 Å². The normalized spacial score (nSPS) is 24.6. The maximum absolute atomic E-state index is 15.1. The Morgan fingerprint density at radius 1 is 0.921 bits per heavy atom. The number of ether oxygens (including phenoxy) is 1. The van der Waals surface area contributed by atoms with Crippen LogP contribution in [0.15, 0.2) is 84.9 Å². The fourth-order valence-corrected chi connectivity index (χ4v) is 11.9. The minimum Gasteiger partial charge on any atom is -0.379 e. The van der Waals surface area contributed by atoms with Gasteiger partial charge in [-0.15, -0.1) is 0 Å². The van der Waals surface area contributed by atoms with Crippen molar-refractivity contribution in [3.63, 3.8) is 0 Å². The van der Waals surface area contributed by atoms with Crippen LogP contribution in [0, 0.1) is 11.2 Å². The third-order valence-electron chi connectivity index (χ3n) is 16.7. The molecule has 5 amide bonds. The van der Waals surface area contributed by atoms with E-state index in [0.29, 0.717) is 37.6 Å². The van der Waals surface area contributed by atoms with Gasteiger partial charge in [0.25, 0.3) is 0 Å². The van der Waals surface area contributed by atoms with Crippen LogP contribution in [0.1, 0.15) is 106 Å². The van der Waals surface area contributed by atoms with Crippen LogP contribution >= 0.6 is 0 Å². The van der Waals surface area contributed by atoms with Gasteiger partial charge in [0.1, 0.15) is 17.9 Å². The number of hydrogen-bond acceptors (Lipinski definition) is 10. The summed E-state index contributed by atoms with van der Waals surface area (Å²) in [5.74, 6) is -1.67. The number of likely N-dealkylation sites (N-methyl/N-ethyl adjacent to an activating group) is 1. The van der Waals surface area contributed by atoms with Gasteiger partial charge in [-0.25, -0.2) is 4.39 Å². The van der Waals surface area contributed by atoms with Gasteiger partial charge in [0, 0.05) is 75.2 Å². The number of carbonyl (C=O) groups is 5. The van der Waals surface area contributed by atoms with Crippen LogP contribution in [0.3, 0.4) is 0 Å². The maximum atomic E-state index is 15.1. The predicted molar refractivity (Wildman–Crippen MR) is 293 cm³/mol. The lowest BCUT2D eigenvalue weighted by Gasteiger charge is -2.43. The van der Waals surface area contributed by atoms with Crippen molar-refractivity contribution in [1.82, 2.24) is 36.0 Å². The zero-order valence-corrected chi connectivity index (χ0v) is 45.6. The number of nitrogens with one attached hydrogen (secondary N) is 5. The molecule has 8 atom stereocenters. The first-order valence-electron chi connectivity index (χ1n) is 27.4. The number of halogens is 1. The number of carbonyl (C=O) groups excluding carboxylic acids is 5. The molecule has 2 fully saturated rings. The van der Waals surface area contributed by atoms with E-state index in [1.165, 1.54) is 17.7 Å². The monoisotopic (exact) mass is 1040 g/mol. The van der Waals surface area contributed by atoms with E-state index in [4.69, 9.17) is 4.74 Å². The van der Waals surface area contributed by atoms with Crippen molar-refractivity contribution in [2.45, 2.75) is 135 Å². The summed E-state index contributed by atoms with van der Waals surface area (Å²) in [6.07, 6.45) is 3.39. The third kappa shape index (κ3) is 11.9. The average molecular weight is 1040 g/mol. The molecule has 9 rings (SSSR count). The Balaban J connectivity index is 0.993. The van der Waals surface area contributed by atoms with Gasteiger partial charge in [-0.2, -0.15) is 0 Å².